The van der Waals surface area contributed by atoms with E-state index < -0.39 is 7.12 Å². The van der Waals surface area contributed by atoms with Crippen LogP contribution < -0.4 is 16.2 Å². The second-order valence-electron chi connectivity index (χ2n) is 10.7. The Kier molecular flexibility index (Phi) is 6.73. The molecule has 3 aromatic carbocycles. The van der Waals surface area contributed by atoms with Gasteiger partial charge in [-0.3, -0.25) is 4.79 Å². The maximum absolute atomic E-state index is 14.5. The van der Waals surface area contributed by atoms with E-state index in [1.54, 1.807) is 18.2 Å². The van der Waals surface area contributed by atoms with Gasteiger partial charge in [0, 0.05) is 34.3 Å². The lowest BCUT2D eigenvalue weighted by atomic mass is 9.75. The third-order valence-electron chi connectivity index (χ3n) is 7.86. The summed E-state index contributed by atoms with van der Waals surface area (Å²) in [6.07, 6.45) is 7.14. The highest BCUT2D eigenvalue weighted by Gasteiger charge is 2.26. The van der Waals surface area contributed by atoms with Gasteiger partial charge in [0.2, 0.25) is 0 Å². The lowest BCUT2D eigenvalue weighted by Gasteiger charge is -2.23. The lowest BCUT2D eigenvalue weighted by molar-refractivity contribution is 0.286. The molecule has 2 N–H and O–H groups in total. The van der Waals surface area contributed by atoms with Crippen LogP contribution in [0.15, 0.2) is 69.0 Å². The van der Waals surface area contributed by atoms with Gasteiger partial charge in [-0.05, 0) is 73.7 Å². The molecule has 1 aliphatic carbocycles. The van der Waals surface area contributed by atoms with Crippen molar-refractivity contribution < 1.29 is 18.6 Å². The summed E-state index contributed by atoms with van der Waals surface area (Å²) in [6.45, 7) is 3.99. The molecule has 2 heterocycles. The molecule has 1 atom stereocenters. The summed E-state index contributed by atoms with van der Waals surface area (Å²) in [5.74, 6) is 0.685. The number of nitrogens with one attached hydrogen (secondary N) is 1. The van der Waals surface area contributed by atoms with Crippen molar-refractivity contribution in [2.45, 2.75) is 57.9 Å². The molecule has 0 spiro atoms. The molecule has 1 fully saturated rings. The molecule has 6 nitrogen and oxygen atoms in total. The molecular formula is C31H30BFN2O4. The van der Waals surface area contributed by atoms with Gasteiger partial charge in [0.15, 0.2) is 5.43 Å². The summed E-state index contributed by atoms with van der Waals surface area (Å²) < 4.78 is 25.9. The van der Waals surface area contributed by atoms with Crippen molar-refractivity contribution in [3.63, 3.8) is 0 Å². The van der Waals surface area contributed by atoms with Gasteiger partial charge in [0.25, 0.3) is 0 Å². The Morgan fingerprint density at radius 3 is 2.72 bits per heavy atom. The van der Waals surface area contributed by atoms with Crippen LogP contribution in [-0.2, 0) is 4.76 Å². The van der Waals surface area contributed by atoms with Crippen molar-refractivity contribution in [1.29, 1.82) is 0 Å². The van der Waals surface area contributed by atoms with Crippen LogP contribution in [0.25, 0.3) is 22.1 Å². The van der Waals surface area contributed by atoms with Crippen LogP contribution in [0, 0.1) is 12.7 Å². The SMILES string of the molecule is Cc1cc(C(C)Nc2ccc(F)cc2-c2ccc3c(c2)C=NOB3O)c2oc(C3CCCCC3)cc(=O)c2c1. The van der Waals surface area contributed by atoms with Crippen LogP contribution in [0.4, 0.5) is 10.1 Å². The van der Waals surface area contributed by atoms with Crippen molar-refractivity contribution >= 4 is 35.5 Å². The van der Waals surface area contributed by atoms with Gasteiger partial charge >= 0.3 is 7.12 Å². The van der Waals surface area contributed by atoms with Crippen LogP contribution in [0.2, 0.25) is 0 Å². The molecule has 6 rings (SSSR count). The van der Waals surface area contributed by atoms with E-state index in [2.05, 4.69) is 10.5 Å². The molecule has 0 bridgehead atoms. The highest BCUT2D eigenvalue weighted by molar-refractivity contribution is 6.62. The third kappa shape index (κ3) is 4.97. The number of oxime groups is 1. The summed E-state index contributed by atoms with van der Waals surface area (Å²) in [5.41, 5.74) is 5.91. The number of anilines is 1. The number of benzene rings is 3. The van der Waals surface area contributed by atoms with E-state index in [0.717, 1.165) is 53.8 Å². The minimum Gasteiger partial charge on any atom is -0.460 e. The topological polar surface area (TPSA) is 84.1 Å². The molecule has 8 heteroatoms. The Bertz CT molecular complexity index is 1640. The minimum absolute atomic E-state index is 0.0154. The maximum atomic E-state index is 14.5. The largest absolute Gasteiger partial charge is 0.583 e. The van der Waals surface area contributed by atoms with Gasteiger partial charge < -0.3 is 19.5 Å². The normalized spacial score (nSPS) is 16.2. The fraction of sp³-hybridized carbons (Fsp3) is 0.290. The van der Waals surface area contributed by atoms with E-state index in [1.807, 2.05) is 38.1 Å². The molecule has 0 saturated heterocycles. The molecular weight excluding hydrogens is 494 g/mol. The average molecular weight is 524 g/mol. The maximum Gasteiger partial charge on any atom is 0.583 e. The van der Waals surface area contributed by atoms with Crippen LogP contribution in [0.3, 0.4) is 0 Å². The Morgan fingerprint density at radius 2 is 1.90 bits per heavy atom. The van der Waals surface area contributed by atoms with Gasteiger partial charge in [0.05, 0.1) is 17.6 Å². The Labute approximate surface area is 226 Å². The number of halogens is 1. The van der Waals surface area contributed by atoms with Gasteiger partial charge in [-0.1, -0.05) is 37.5 Å². The molecule has 1 aromatic heterocycles. The monoisotopic (exact) mass is 524 g/mol. The summed E-state index contributed by atoms with van der Waals surface area (Å²) in [4.78, 5) is 13.2. The highest BCUT2D eigenvalue weighted by Crippen LogP contribution is 2.37. The van der Waals surface area contributed by atoms with Gasteiger partial charge in [-0.2, -0.15) is 0 Å². The van der Waals surface area contributed by atoms with Gasteiger partial charge in [0.1, 0.15) is 17.2 Å². The quantitative estimate of drug-likeness (QED) is 0.305. The fourth-order valence-corrected chi connectivity index (χ4v) is 5.84. The lowest BCUT2D eigenvalue weighted by Crippen LogP contribution is -2.37. The predicted molar refractivity (Wildman–Crippen MR) is 153 cm³/mol. The molecule has 198 valence electrons. The van der Waals surface area contributed by atoms with E-state index in [9.17, 15) is 14.2 Å². The van der Waals surface area contributed by atoms with E-state index in [0.29, 0.717) is 27.6 Å². The Balaban J connectivity index is 1.40. The zero-order valence-electron chi connectivity index (χ0n) is 22.0. The van der Waals surface area contributed by atoms with Crippen LogP contribution in [0.5, 0.6) is 0 Å². The Hall–Kier alpha value is -3.91. The summed E-state index contributed by atoms with van der Waals surface area (Å²) in [5, 5.41) is 17.9. The standard InChI is InChI=1S/C31H30BFN2O4/c1-18-12-24(31-26(13-18)29(36)16-30(38-31)20-6-4-3-5-7-20)19(2)35-28-11-9-23(33)15-25(28)21-8-10-27-22(14-21)17-34-39-32(27)37/h8-17,19-20,35,37H,3-7H2,1-2H3. The second kappa shape index (κ2) is 10.3. The smallest absolute Gasteiger partial charge is 0.460 e. The zero-order chi connectivity index (χ0) is 27.1. The Morgan fingerprint density at radius 1 is 1.08 bits per heavy atom. The van der Waals surface area contributed by atoms with Crippen molar-refractivity contribution in [2.75, 3.05) is 5.32 Å². The number of hydrogen-bond acceptors (Lipinski definition) is 6. The first-order chi connectivity index (χ1) is 18.9. The molecule has 2 aliphatic rings. The number of rotatable bonds is 5. The molecule has 0 amide bonds. The van der Waals surface area contributed by atoms with Crippen molar-refractivity contribution in [1.82, 2.24) is 0 Å². The predicted octanol–water partition coefficient (Wildman–Crippen LogP) is 6.18. The first-order valence-corrected chi connectivity index (χ1v) is 13.5. The van der Waals surface area contributed by atoms with Crippen molar-refractivity contribution in [2.24, 2.45) is 5.16 Å². The van der Waals surface area contributed by atoms with Crippen LogP contribution in [0.1, 0.15) is 73.4 Å². The number of aryl methyl sites for hydroxylation is 1. The van der Waals surface area contributed by atoms with Gasteiger partial charge in [-0.15, -0.1) is 5.16 Å². The minimum atomic E-state index is -1.13. The molecule has 1 unspecified atom stereocenters. The zero-order valence-corrected chi connectivity index (χ0v) is 22.0. The molecule has 1 saturated carbocycles. The summed E-state index contributed by atoms with van der Waals surface area (Å²) >= 11 is 0. The summed E-state index contributed by atoms with van der Waals surface area (Å²) in [7, 11) is -1.13. The third-order valence-corrected chi connectivity index (χ3v) is 7.86. The van der Waals surface area contributed by atoms with E-state index in [4.69, 9.17) is 9.17 Å². The van der Waals surface area contributed by atoms with Crippen LogP contribution in [-0.4, -0.2) is 18.4 Å². The summed E-state index contributed by atoms with van der Waals surface area (Å²) in [6, 6.07) is 15.4. The van der Waals surface area contributed by atoms with Crippen molar-refractivity contribution in [3.05, 3.63) is 93.1 Å². The second-order valence-corrected chi connectivity index (χ2v) is 10.7. The van der Waals surface area contributed by atoms with E-state index >= 15 is 0 Å². The first kappa shape index (κ1) is 25.4. The first-order valence-electron chi connectivity index (χ1n) is 13.5. The van der Waals surface area contributed by atoms with E-state index in [1.165, 1.54) is 24.8 Å². The fourth-order valence-electron chi connectivity index (χ4n) is 5.84. The molecule has 39 heavy (non-hydrogen) atoms. The van der Waals surface area contributed by atoms with Crippen molar-refractivity contribution in [3.8, 4) is 11.1 Å². The van der Waals surface area contributed by atoms with Crippen LogP contribution >= 0.6 is 0 Å². The highest BCUT2D eigenvalue weighted by atomic mass is 19.1. The number of fused-ring (bicyclic) bond motifs is 2. The molecule has 1 aliphatic heterocycles. The number of hydrogen-bond donors (Lipinski definition) is 2. The molecule has 0 radical (unpaired) electrons. The number of nitrogens with zero attached hydrogens (tertiary/aromatic N) is 1. The van der Waals surface area contributed by atoms with Gasteiger partial charge in [-0.25, -0.2) is 4.39 Å². The average Bonchev–Trinajstić information content (AvgIpc) is 2.94. The van der Waals surface area contributed by atoms with E-state index in [-0.39, 0.29) is 23.2 Å². The molecule has 4 aromatic rings.